The first kappa shape index (κ1) is 23.6. The van der Waals surface area contributed by atoms with Gasteiger partial charge in [-0.25, -0.2) is 13.4 Å². The molecule has 176 valence electrons. The van der Waals surface area contributed by atoms with Crippen LogP contribution in [0.5, 0.6) is 5.75 Å². The molecule has 33 heavy (non-hydrogen) atoms. The van der Waals surface area contributed by atoms with Crippen LogP contribution in [-0.2, 0) is 22.4 Å². The number of hydrogen-bond donors (Lipinski definition) is 0. The summed E-state index contributed by atoms with van der Waals surface area (Å²) in [5, 5.41) is 2.11. The van der Waals surface area contributed by atoms with E-state index in [1.165, 1.54) is 17.4 Å². The molecule has 0 spiro atoms. The van der Waals surface area contributed by atoms with E-state index in [9.17, 15) is 21.6 Å². The van der Waals surface area contributed by atoms with Crippen molar-refractivity contribution in [3.63, 3.8) is 0 Å². The summed E-state index contributed by atoms with van der Waals surface area (Å²) in [5.74, 6) is 0.792. The van der Waals surface area contributed by atoms with Crippen molar-refractivity contribution in [2.45, 2.75) is 35.6 Å². The van der Waals surface area contributed by atoms with E-state index < -0.39 is 26.8 Å². The molecule has 0 N–H and O–H groups in total. The zero-order valence-electron chi connectivity index (χ0n) is 17.9. The SMILES string of the molecule is COc1ccc(Cc2csc(N3CCC(S(=O)(=O)c4cccc(C(F)(F)F)c4)CC3)n2)cc1. The van der Waals surface area contributed by atoms with Gasteiger partial charge in [-0.2, -0.15) is 13.2 Å². The van der Waals surface area contributed by atoms with Gasteiger partial charge in [-0.05, 0) is 48.7 Å². The molecule has 5 nitrogen and oxygen atoms in total. The van der Waals surface area contributed by atoms with Crippen LogP contribution < -0.4 is 9.64 Å². The van der Waals surface area contributed by atoms with Gasteiger partial charge in [0.05, 0.1) is 28.5 Å². The maximum atomic E-state index is 13.0. The van der Waals surface area contributed by atoms with E-state index in [1.54, 1.807) is 7.11 Å². The van der Waals surface area contributed by atoms with Gasteiger partial charge in [0.15, 0.2) is 15.0 Å². The number of piperidine rings is 1. The van der Waals surface area contributed by atoms with Crippen molar-refractivity contribution in [3.05, 3.63) is 70.7 Å². The van der Waals surface area contributed by atoms with E-state index in [2.05, 4.69) is 0 Å². The monoisotopic (exact) mass is 496 g/mol. The van der Waals surface area contributed by atoms with E-state index in [0.29, 0.717) is 32.4 Å². The molecule has 2 aromatic carbocycles. The summed E-state index contributed by atoms with van der Waals surface area (Å²) >= 11 is 1.51. The van der Waals surface area contributed by atoms with Crippen LogP contribution in [0.25, 0.3) is 0 Å². The highest BCUT2D eigenvalue weighted by atomic mass is 32.2. The molecule has 0 radical (unpaired) electrons. The summed E-state index contributed by atoms with van der Waals surface area (Å²) < 4.78 is 70.1. The Morgan fingerprint density at radius 1 is 1.12 bits per heavy atom. The highest BCUT2D eigenvalue weighted by molar-refractivity contribution is 7.92. The predicted molar refractivity (Wildman–Crippen MR) is 122 cm³/mol. The average Bonchev–Trinajstić information content (AvgIpc) is 3.28. The molecule has 0 atom stereocenters. The maximum Gasteiger partial charge on any atom is 0.416 e. The number of benzene rings is 2. The smallest absolute Gasteiger partial charge is 0.416 e. The van der Waals surface area contributed by atoms with Crippen molar-refractivity contribution < 1.29 is 26.3 Å². The predicted octanol–water partition coefficient (Wildman–Crippen LogP) is 5.20. The number of halogens is 3. The molecule has 0 aliphatic carbocycles. The highest BCUT2D eigenvalue weighted by Gasteiger charge is 2.35. The number of sulfone groups is 1. The molecule has 1 saturated heterocycles. The molecule has 0 unspecified atom stereocenters. The van der Waals surface area contributed by atoms with Crippen molar-refractivity contribution in [3.8, 4) is 5.75 Å². The standard InChI is InChI=1S/C23H23F3N2O3S2/c1-31-19-7-5-16(6-8-19)13-18-15-32-22(27-18)28-11-9-20(10-12-28)33(29,30)21-4-2-3-17(14-21)23(24,25)26/h2-8,14-15,20H,9-13H2,1H3. The number of rotatable bonds is 6. The van der Waals surface area contributed by atoms with Gasteiger partial charge in [0, 0.05) is 24.9 Å². The average molecular weight is 497 g/mol. The van der Waals surface area contributed by atoms with Crippen LogP contribution in [-0.4, -0.2) is 38.9 Å². The molecule has 0 amide bonds. The number of methoxy groups -OCH3 is 1. The van der Waals surface area contributed by atoms with E-state index >= 15 is 0 Å². The lowest BCUT2D eigenvalue weighted by atomic mass is 10.1. The fraction of sp³-hybridized carbons (Fsp3) is 0.348. The minimum Gasteiger partial charge on any atom is -0.497 e. The van der Waals surface area contributed by atoms with Crippen molar-refractivity contribution >= 4 is 26.3 Å². The highest BCUT2D eigenvalue weighted by Crippen LogP contribution is 2.33. The van der Waals surface area contributed by atoms with E-state index in [4.69, 9.17) is 9.72 Å². The van der Waals surface area contributed by atoms with Crippen molar-refractivity contribution in [2.75, 3.05) is 25.1 Å². The van der Waals surface area contributed by atoms with Gasteiger partial charge in [0.2, 0.25) is 0 Å². The molecule has 4 rings (SSSR count). The molecule has 2 heterocycles. The number of aromatic nitrogens is 1. The lowest BCUT2D eigenvalue weighted by molar-refractivity contribution is -0.137. The Morgan fingerprint density at radius 2 is 1.82 bits per heavy atom. The van der Waals surface area contributed by atoms with Crippen LogP contribution >= 0.6 is 11.3 Å². The molecule has 3 aromatic rings. The second-order valence-electron chi connectivity index (χ2n) is 7.90. The first-order chi connectivity index (χ1) is 15.7. The first-order valence-electron chi connectivity index (χ1n) is 10.4. The van der Waals surface area contributed by atoms with Crippen molar-refractivity contribution in [1.82, 2.24) is 4.98 Å². The summed E-state index contributed by atoms with van der Waals surface area (Å²) in [6.45, 7) is 0.969. The second-order valence-corrected chi connectivity index (χ2v) is 11.0. The lowest BCUT2D eigenvalue weighted by Gasteiger charge is -2.31. The van der Waals surface area contributed by atoms with Crippen LogP contribution in [0.4, 0.5) is 18.3 Å². The summed E-state index contributed by atoms with van der Waals surface area (Å²) in [4.78, 5) is 6.47. The summed E-state index contributed by atoms with van der Waals surface area (Å²) in [7, 11) is -2.22. The summed E-state index contributed by atoms with van der Waals surface area (Å²) in [6.07, 6.45) is -3.22. The van der Waals surface area contributed by atoms with Crippen LogP contribution in [0.3, 0.4) is 0 Å². The zero-order valence-corrected chi connectivity index (χ0v) is 19.5. The number of thiazole rings is 1. The topological polar surface area (TPSA) is 59.5 Å². The Hall–Kier alpha value is -2.59. The molecule has 1 aliphatic heterocycles. The largest absolute Gasteiger partial charge is 0.497 e. The van der Waals surface area contributed by atoms with Gasteiger partial charge in [0.25, 0.3) is 0 Å². The third-order valence-electron chi connectivity index (χ3n) is 5.73. The minimum absolute atomic E-state index is 0.271. The molecule has 0 saturated carbocycles. The van der Waals surface area contributed by atoms with Crippen molar-refractivity contribution in [1.29, 1.82) is 0 Å². The molecular weight excluding hydrogens is 473 g/mol. The fourth-order valence-electron chi connectivity index (χ4n) is 3.87. The number of alkyl halides is 3. The van der Waals surface area contributed by atoms with Crippen LogP contribution in [0.2, 0.25) is 0 Å². The molecule has 1 fully saturated rings. The quantitative estimate of drug-likeness (QED) is 0.469. The first-order valence-corrected chi connectivity index (χ1v) is 12.8. The van der Waals surface area contributed by atoms with Gasteiger partial charge in [-0.15, -0.1) is 11.3 Å². The fourth-order valence-corrected chi connectivity index (χ4v) is 6.53. The van der Waals surface area contributed by atoms with E-state index in [1.807, 2.05) is 34.5 Å². The lowest BCUT2D eigenvalue weighted by Crippen LogP contribution is -2.39. The minimum atomic E-state index is -4.58. The number of hydrogen-bond acceptors (Lipinski definition) is 6. The van der Waals surface area contributed by atoms with E-state index in [0.717, 1.165) is 40.3 Å². The normalized spacial score (nSPS) is 15.6. The number of ether oxygens (including phenoxy) is 1. The van der Waals surface area contributed by atoms with Gasteiger partial charge < -0.3 is 9.64 Å². The Labute approximate surface area is 194 Å². The summed E-state index contributed by atoms with van der Waals surface area (Å²) in [6, 6.07) is 11.8. The van der Waals surface area contributed by atoms with Gasteiger partial charge >= 0.3 is 6.18 Å². The third kappa shape index (κ3) is 5.33. The Kier molecular flexibility index (Phi) is 6.67. The maximum absolute atomic E-state index is 13.0. The van der Waals surface area contributed by atoms with Gasteiger partial charge in [-0.3, -0.25) is 0 Å². The Morgan fingerprint density at radius 3 is 2.45 bits per heavy atom. The molecule has 10 heteroatoms. The third-order valence-corrected chi connectivity index (χ3v) is 8.94. The Balaban J connectivity index is 1.40. The Bertz CT molecular complexity index is 1200. The molecule has 0 bridgehead atoms. The van der Waals surface area contributed by atoms with Crippen molar-refractivity contribution in [2.24, 2.45) is 0 Å². The number of nitrogens with zero attached hydrogens (tertiary/aromatic N) is 2. The van der Waals surface area contributed by atoms with Crippen LogP contribution in [0.1, 0.15) is 29.7 Å². The van der Waals surface area contributed by atoms with Crippen LogP contribution in [0.15, 0.2) is 58.8 Å². The zero-order chi connectivity index (χ0) is 23.6. The van der Waals surface area contributed by atoms with Gasteiger partial charge in [0.1, 0.15) is 5.75 Å². The molecule has 1 aliphatic rings. The summed E-state index contributed by atoms with van der Waals surface area (Å²) in [5.41, 5.74) is 1.09. The second kappa shape index (κ2) is 9.34. The van der Waals surface area contributed by atoms with Crippen LogP contribution in [0, 0.1) is 0 Å². The molecule has 1 aromatic heterocycles. The van der Waals surface area contributed by atoms with Gasteiger partial charge in [-0.1, -0.05) is 18.2 Å². The van der Waals surface area contributed by atoms with E-state index in [-0.39, 0.29) is 4.90 Å². The number of anilines is 1. The molecular formula is C23H23F3N2O3S2.